The van der Waals surface area contributed by atoms with Gasteiger partial charge in [0, 0.05) is 23.3 Å². The number of ether oxygens (including phenoxy) is 2. The van der Waals surface area contributed by atoms with Gasteiger partial charge in [-0.1, -0.05) is 17.7 Å². The van der Waals surface area contributed by atoms with Crippen LogP contribution in [0.25, 0.3) is 0 Å². The van der Waals surface area contributed by atoms with E-state index in [0.29, 0.717) is 23.1 Å². The Bertz CT molecular complexity index is 641. The summed E-state index contributed by atoms with van der Waals surface area (Å²) in [5.41, 5.74) is 4.58. The first-order valence-electron chi connectivity index (χ1n) is 6.76. The van der Waals surface area contributed by atoms with Crippen molar-refractivity contribution in [3.63, 3.8) is 0 Å². The zero-order valence-corrected chi connectivity index (χ0v) is 13.5. The maximum absolute atomic E-state index is 6.28. The van der Waals surface area contributed by atoms with Crippen LogP contribution in [0.5, 0.6) is 11.5 Å². The highest BCUT2D eigenvalue weighted by Crippen LogP contribution is 2.33. The summed E-state index contributed by atoms with van der Waals surface area (Å²) in [7, 11) is 3.22. The number of anilines is 1. The van der Waals surface area contributed by atoms with Gasteiger partial charge in [0.15, 0.2) is 11.5 Å². The second-order valence-corrected chi connectivity index (χ2v) is 5.36. The molecule has 0 aliphatic rings. The Morgan fingerprint density at radius 2 is 1.62 bits per heavy atom. The molecule has 1 N–H and O–H groups in total. The summed E-state index contributed by atoms with van der Waals surface area (Å²) in [6.45, 7) is 4.83. The van der Waals surface area contributed by atoms with Gasteiger partial charge in [-0.3, -0.25) is 0 Å². The van der Waals surface area contributed by atoms with Crippen molar-refractivity contribution in [1.82, 2.24) is 0 Å². The predicted molar refractivity (Wildman–Crippen MR) is 87.8 cm³/mol. The van der Waals surface area contributed by atoms with Crippen molar-refractivity contribution in [2.75, 3.05) is 19.5 Å². The molecule has 0 atom stereocenters. The lowest BCUT2D eigenvalue weighted by atomic mass is 10.1. The van der Waals surface area contributed by atoms with Crippen LogP contribution in [0.2, 0.25) is 5.02 Å². The topological polar surface area (TPSA) is 30.5 Å². The molecule has 0 saturated heterocycles. The predicted octanol–water partition coefficient (Wildman–Crippen LogP) is 4.59. The van der Waals surface area contributed by atoms with Gasteiger partial charge in [0.1, 0.15) is 0 Å². The molecule has 2 aromatic carbocycles. The summed E-state index contributed by atoms with van der Waals surface area (Å²) in [4.78, 5) is 0. The molecule has 0 unspecified atom stereocenters. The quantitative estimate of drug-likeness (QED) is 0.876. The molecule has 0 amide bonds. The molecule has 3 nitrogen and oxygen atoms in total. The molecule has 112 valence electrons. The molecule has 21 heavy (non-hydrogen) atoms. The Morgan fingerprint density at radius 1 is 0.952 bits per heavy atom. The number of methoxy groups -OCH3 is 2. The number of rotatable bonds is 5. The van der Waals surface area contributed by atoms with Gasteiger partial charge >= 0.3 is 0 Å². The van der Waals surface area contributed by atoms with Gasteiger partial charge in [-0.15, -0.1) is 0 Å². The van der Waals surface area contributed by atoms with E-state index in [4.69, 9.17) is 21.1 Å². The third-order valence-electron chi connectivity index (χ3n) is 3.54. The third-order valence-corrected chi connectivity index (χ3v) is 3.89. The van der Waals surface area contributed by atoms with Gasteiger partial charge in [0.2, 0.25) is 0 Å². The van der Waals surface area contributed by atoms with E-state index in [-0.39, 0.29) is 0 Å². The minimum Gasteiger partial charge on any atom is -0.493 e. The highest BCUT2D eigenvalue weighted by Gasteiger charge is 2.09. The molecule has 0 aliphatic heterocycles. The summed E-state index contributed by atoms with van der Waals surface area (Å²) in [6, 6.07) is 9.97. The number of hydrogen-bond acceptors (Lipinski definition) is 3. The Morgan fingerprint density at radius 3 is 2.24 bits per heavy atom. The molecule has 4 heteroatoms. The minimum atomic E-state index is 0.627. The normalized spacial score (nSPS) is 10.3. The van der Waals surface area contributed by atoms with E-state index < -0.39 is 0 Å². The smallest absolute Gasteiger partial charge is 0.162 e. The lowest BCUT2D eigenvalue weighted by Gasteiger charge is -2.13. The Kier molecular flexibility index (Phi) is 4.97. The molecule has 0 heterocycles. The molecule has 0 saturated carbocycles. The molecule has 2 rings (SSSR count). The van der Waals surface area contributed by atoms with Gasteiger partial charge in [0.25, 0.3) is 0 Å². The molecule has 0 fully saturated rings. The maximum atomic E-state index is 6.28. The van der Waals surface area contributed by atoms with Crippen molar-refractivity contribution in [1.29, 1.82) is 0 Å². The lowest BCUT2D eigenvalue weighted by Crippen LogP contribution is -2.02. The van der Waals surface area contributed by atoms with Crippen LogP contribution in [-0.2, 0) is 6.54 Å². The van der Waals surface area contributed by atoms with E-state index in [9.17, 15) is 0 Å². The Labute approximate surface area is 130 Å². The number of aryl methyl sites for hydroxylation is 2. The molecule has 2 aromatic rings. The molecule has 0 aliphatic carbocycles. The van der Waals surface area contributed by atoms with Gasteiger partial charge in [0.05, 0.1) is 14.2 Å². The van der Waals surface area contributed by atoms with Crippen LogP contribution < -0.4 is 14.8 Å². The average Bonchev–Trinajstić information content (AvgIpc) is 2.49. The van der Waals surface area contributed by atoms with Gasteiger partial charge in [-0.25, -0.2) is 0 Å². The molecule has 0 bridgehead atoms. The second-order valence-electron chi connectivity index (χ2n) is 4.95. The largest absolute Gasteiger partial charge is 0.493 e. The molecular weight excluding hydrogens is 286 g/mol. The average molecular weight is 306 g/mol. The molecular formula is C17H20ClNO2. The van der Waals surface area contributed by atoms with Crippen molar-refractivity contribution in [3.8, 4) is 11.5 Å². The van der Waals surface area contributed by atoms with Crippen LogP contribution in [0.4, 0.5) is 5.69 Å². The Hall–Kier alpha value is -1.87. The van der Waals surface area contributed by atoms with Crippen LogP contribution in [0.1, 0.15) is 16.7 Å². The van der Waals surface area contributed by atoms with Crippen LogP contribution >= 0.6 is 11.6 Å². The maximum Gasteiger partial charge on any atom is 0.162 e. The first-order chi connectivity index (χ1) is 10.0. The summed E-state index contributed by atoms with van der Waals surface area (Å²) in [6.07, 6.45) is 0. The van der Waals surface area contributed by atoms with E-state index in [0.717, 1.165) is 11.3 Å². The van der Waals surface area contributed by atoms with Crippen molar-refractivity contribution >= 4 is 17.3 Å². The van der Waals surface area contributed by atoms with Crippen LogP contribution in [0.15, 0.2) is 30.3 Å². The Balaban J connectivity index is 2.17. The zero-order valence-electron chi connectivity index (χ0n) is 12.8. The fourth-order valence-electron chi connectivity index (χ4n) is 2.08. The third kappa shape index (κ3) is 3.61. The molecule has 0 aromatic heterocycles. The first-order valence-corrected chi connectivity index (χ1v) is 7.14. The van der Waals surface area contributed by atoms with E-state index in [1.807, 2.05) is 6.07 Å². The summed E-state index contributed by atoms with van der Waals surface area (Å²) >= 11 is 6.28. The second kappa shape index (κ2) is 6.72. The van der Waals surface area contributed by atoms with Gasteiger partial charge in [-0.2, -0.15) is 0 Å². The summed E-state index contributed by atoms with van der Waals surface area (Å²) in [5.74, 6) is 1.32. The lowest BCUT2D eigenvalue weighted by molar-refractivity contribution is 0.354. The highest BCUT2D eigenvalue weighted by atomic mass is 35.5. The minimum absolute atomic E-state index is 0.627. The van der Waals surface area contributed by atoms with E-state index >= 15 is 0 Å². The highest BCUT2D eigenvalue weighted by molar-refractivity contribution is 6.31. The number of nitrogens with one attached hydrogen (secondary N) is 1. The summed E-state index contributed by atoms with van der Waals surface area (Å²) in [5, 5.41) is 4.03. The van der Waals surface area contributed by atoms with Gasteiger partial charge < -0.3 is 14.8 Å². The van der Waals surface area contributed by atoms with Crippen LogP contribution in [0, 0.1) is 13.8 Å². The molecule has 0 spiro atoms. The van der Waals surface area contributed by atoms with E-state index in [2.05, 4.69) is 37.4 Å². The van der Waals surface area contributed by atoms with Crippen molar-refractivity contribution in [2.45, 2.75) is 20.4 Å². The standard InChI is InChI=1S/C17H20ClNO2/c1-11-5-6-14(7-12(11)2)19-10-13-8-16(20-3)17(21-4)9-15(13)18/h5-9,19H,10H2,1-4H3. The van der Waals surface area contributed by atoms with Crippen molar-refractivity contribution in [2.24, 2.45) is 0 Å². The molecule has 0 radical (unpaired) electrons. The van der Waals surface area contributed by atoms with Crippen LogP contribution in [0.3, 0.4) is 0 Å². The van der Waals surface area contributed by atoms with E-state index in [1.165, 1.54) is 11.1 Å². The van der Waals surface area contributed by atoms with Crippen molar-refractivity contribution < 1.29 is 9.47 Å². The summed E-state index contributed by atoms with van der Waals surface area (Å²) < 4.78 is 10.5. The van der Waals surface area contributed by atoms with Crippen molar-refractivity contribution in [3.05, 3.63) is 52.0 Å². The number of halogens is 1. The SMILES string of the molecule is COc1cc(Cl)c(CNc2ccc(C)c(C)c2)cc1OC. The van der Waals surface area contributed by atoms with Crippen LogP contribution in [-0.4, -0.2) is 14.2 Å². The number of hydrogen-bond donors (Lipinski definition) is 1. The number of benzene rings is 2. The fraction of sp³-hybridized carbons (Fsp3) is 0.294. The zero-order chi connectivity index (χ0) is 15.4. The monoisotopic (exact) mass is 305 g/mol. The fourth-order valence-corrected chi connectivity index (χ4v) is 2.30. The van der Waals surface area contributed by atoms with Gasteiger partial charge in [-0.05, 0) is 48.7 Å². The first kappa shape index (κ1) is 15.5. The van der Waals surface area contributed by atoms with E-state index in [1.54, 1.807) is 20.3 Å².